The smallest absolute Gasteiger partial charge is 0.127 e. The molecule has 4 aromatic carbocycles. The average molecular weight is 457 g/mol. The summed E-state index contributed by atoms with van der Waals surface area (Å²) in [6.45, 7) is 0.510. The van der Waals surface area contributed by atoms with E-state index in [1.54, 1.807) is 12.1 Å². The minimum atomic E-state index is -0.487. The highest BCUT2D eigenvalue weighted by atomic mass is 16.3. The van der Waals surface area contributed by atoms with Gasteiger partial charge in [-0.3, -0.25) is 0 Å². The second-order valence-electron chi connectivity index (χ2n) is 8.28. The molecule has 0 saturated carbocycles. The van der Waals surface area contributed by atoms with Crippen LogP contribution in [0.4, 0.5) is 0 Å². The van der Waals surface area contributed by atoms with Crippen molar-refractivity contribution in [3.8, 4) is 39.1 Å². The van der Waals surface area contributed by atoms with Crippen molar-refractivity contribution in [3.05, 3.63) is 101 Å². The zero-order valence-electron chi connectivity index (χ0n) is 19.0. The van der Waals surface area contributed by atoms with Gasteiger partial charge in [-0.2, -0.15) is 0 Å². The van der Waals surface area contributed by atoms with Crippen molar-refractivity contribution < 1.29 is 25.5 Å². The summed E-state index contributed by atoms with van der Waals surface area (Å²) in [5, 5.41) is 51.9. The second kappa shape index (κ2) is 10.2. The monoisotopic (exact) mass is 456 g/mol. The van der Waals surface area contributed by atoms with Crippen LogP contribution in [0.1, 0.15) is 27.8 Å². The molecule has 4 rings (SSSR count). The Bertz CT molecular complexity index is 1290. The molecule has 0 fully saturated rings. The Labute approximate surface area is 198 Å². The van der Waals surface area contributed by atoms with E-state index in [1.807, 2.05) is 67.6 Å². The molecule has 0 radical (unpaired) electrons. The molecular formula is C29H28O5. The molecule has 4 aromatic rings. The number of phenols is 1. The first-order valence-corrected chi connectivity index (χ1v) is 11.1. The zero-order chi connectivity index (χ0) is 24.2. The van der Waals surface area contributed by atoms with Crippen LogP contribution in [0.15, 0.2) is 72.8 Å². The van der Waals surface area contributed by atoms with Crippen molar-refractivity contribution >= 4 is 0 Å². The third-order valence-corrected chi connectivity index (χ3v) is 6.23. The van der Waals surface area contributed by atoms with Crippen LogP contribution in [0, 0.1) is 6.92 Å². The van der Waals surface area contributed by atoms with Gasteiger partial charge in [0, 0.05) is 11.1 Å². The van der Waals surface area contributed by atoms with Crippen LogP contribution in [0.25, 0.3) is 33.4 Å². The van der Waals surface area contributed by atoms with Gasteiger partial charge in [-0.1, -0.05) is 72.3 Å². The molecule has 34 heavy (non-hydrogen) atoms. The first-order valence-electron chi connectivity index (χ1n) is 11.1. The highest BCUT2D eigenvalue weighted by Gasteiger charge is 2.25. The van der Waals surface area contributed by atoms with Gasteiger partial charge in [-0.15, -0.1) is 0 Å². The third kappa shape index (κ3) is 4.22. The van der Waals surface area contributed by atoms with Crippen LogP contribution in [0.5, 0.6) is 5.75 Å². The molecule has 0 aliphatic carbocycles. The average Bonchev–Trinajstić information content (AvgIpc) is 2.88. The summed E-state index contributed by atoms with van der Waals surface area (Å²) < 4.78 is 0. The molecule has 0 unspecified atom stereocenters. The molecule has 5 N–H and O–H groups in total. The number of hydrogen-bond donors (Lipinski definition) is 5. The molecule has 0 aliphatic rings. The molecule has 0 bridgehead atoms. The van der Waals surface area contributed by atoms with Crippen LogP contribution >= 0.6 is 0 Å². The van der Waals surface area contributed by atoms with Crippen molar-refractivity contribution in [3.63, 3.8) is 0 Å². The summed E-state index contributed by atoms with van der Waals surface area (Å²) in [4.78, 5) is 0. The molecule has 0 spiro atoms. The van der Waals surface area contributed by atoms with E-state index in [0.29, 0.717) is 27.8 Å². The van der Waals surface area contributed by atoms with Gasteiger partial charge >= 0.3 is 0 Å². The van der Waals surface area contributed by atoms with Crippen LogP contribution in [0.2, 0.25) is 0 Å². The van der Waals surface area contributed by atoms with Gasteiger partial charge in [0.25, 0.3) is 0 Å². The first kappa shape index (κ1) is 23.7. The van der Waals surface area contributed by atoms with Crippen molar-refractivity contribution in [1.82, 2.24) is 0 Å². The van der Waals surface area contributed by atoms with Gasteiger partial charge in [0.15, 0.2) is 0 Å². The van der Waals surface area contributed by atoms with Crippen molar-refractivity contribution in [2.24, 2.45) is 0 Å². The fourth-order valence-electron chi connectivity index (χ4n) is 4.50. The predicted molar refractivity (Wildman–Crippen MR) is 133 cm³/mol. The van der Waals surface area contributed by atoms with Crippen LogP contribution < -0.4 is 0 Å². The van der Waals surface area contributed by atoms with E-state index in [1.165, 1.54) is 0 Å². The minimum absolute atomic E-state index is 0.201. The van der Waals surface area contributed by atoms with Gasteiger partial charge in [0.1, 0.15) is 5.75 Å². The largest absolute Gasteiger partial charge is 0.507 e. The van der Waals surface area contributed by atoms with Crippen LogP contribution in [-0.4, -0.2) is 25.5 Å². The lowest BCUT2D eigenvalue weighted by Crippen LogP contribution is -2.05. The second-order valence-corrected chi connectivity index (χ2v) is 8.28. The fraction of sp³-hybridized carbons (Fsp3) is 0.172. The molecule has 5 nitrogen and oxygen atoms in total. The fourth-order valence-corrected chi connectivity index (χ4v) is 4.50. The van der Waals surface area contributed by atoms with E-state index in [2.05, 4.69) is 0 Å². The lowest BCUT2D eigenvalue weighted by Gasteiger charge is -2.24. The van der Waals surface area contributed by atoms with Gasteiger partial charge < -0.3 is 25.5 Å². The van der Waals surface area contributed by atoms with Gasteiger partial charge in [0.2, 0.25) is 0 Å². The molecule has 0 heterocycles. The summed E-state index contributed by atoms with van der Waals surface area (Å²) in [6.07, 6.45) is 0. The Hall–Kier alpha value is -3.48. The minimum Gasteiger partial charge on any atom is -0.507 e. The third-order valence-electron chi connectivity index (χ3n) is 6.23. The number of aromatic hydroxyl groups is 1. The molecule has 0 amide bonds. The number of rotatable bonds is 7. The predicted octanol–water partition coefficient (Wildman–Crippen LogP) is 4.67. The normalized spacial score (nSPS) is 11.1. The molecule has 0 saturated heterocycles. The molecule has 5 heteroatoms. The van der Waals surface area contributed by atoms with E-state index in [0.717, 1.165) is 22.3 Å². The molecule has 0 atom stereocenters. The number of hydrogen-bond acceptors (Lipinski definition) is 5. The lowest BCUT2D eigenvalue weighted by atomic mass is 9.82. The number of aryl methyl sites for hydroxylation is 1. The highest BCUT2D eigenvalue weighted by Crippen LogP contribution is 2.46. The SMILES string of the molecule is Cc1ccc(-c2ccc(CO)c(-c3c(-c4ccccc4)cc(CO)c(O)c3CO)c2CO)cc1. The van der Waals surface area contributed by atoms with Crippen molar-refractivity contribution in [2.75, 3.05) is 0 Å². The Morgan fingerprint density at radius 3 is 1.76 bits per heavy atom. The summed E-state index contributed by atoms with van der Waals surface area (Å²) in [5.41, 5.74) is 7.05. The maximum atomic E-state index is 10.9. The quantitative estimate of drug-likeness (QED) is 0.278. The van der Waals surface area contributed by atoms with Crippen molar-refractivity contribution in [1.29, 1.82) is 0 Å². The van der Waals surface area contributed by atoms with E-state index in [-0.39, 0.29) is 30.1 Å². The lowest BCUT2D eigenvalue weighted by molar-refractivity contribution is 0.263. The summed E-state index contributed by atoms with van der Waals surface area (Å²) in [5.74, 6) is -0.201. The topological polar surface area (TPSA) is 101 Å². The number of benzene rings is 4. The maximum Gasteiger partial charge on any atom is 0.127 e. The van der Waals surface area contributed by atoms with Crippen molar-refractivity contribution in [2.45, 2.75) is 33.4 Å². The molecule has 174 valence electrons. The summed E-state index contributed by atoms with van der Waals surface area (Å²) in [6, 6.07) is 22.8. The van der Waals surface area contributed by atoms with E-state index in [9.17, 15) is 25.5 Å². The molecule has 0 aromatic heterocycles. The standard InChI is InChI=1S/C29H28O5/c1-18-7-9-20(10-8-18)23-12-11-21(14-30)27(25(23)16-32)28-24(19-5-3-2-4-6-19)13-22(15-31)29(34)26(28)17-33/h2-13,30-34H,14-17H2,1H3. The van der Waals surface area contributed by atoms with Gasteiger partial charge in [-0.05, 0) is 57.5 Å². The first-order chi connectivity index (χ1) is 16.5. The van der Waals surface area contributed by atoms with E-state index >= 15 is 0 Å². The Morgan fingerprint density at radius 1 is 0.559 bits per heavy atom. The zero-order valence-corrected chi connectivity index (χ0v) is 19.0. The Kier molecular flexibility index (Phi) is 7.10. The van der Waals surface area contributed by atoms with Crippen LogP contribution in [0.3, 0.4) is 0 Å². The Morgan fingerprint density at radius 2 is 1.18 bits per heavy atom. The maximum absolute atomic E-state index is 10.9. The number of aliphatic hydroxyl groups excluding tert-OH is 4. The summed E-state index contributed by atoms with van der Waals surface area (Å²) >= 11 is 0. The number of aliphatic hydroxyl groups is 4. The summed E-state index contributed by atoms with van der Waals surface area (Å²) in [7, 11) is 0. The van der Waals surface area contributed by atoms with E-state index < -0.39 is 13.2 Å². The van der Waals surface area contributed by atoms with Gasteiger partial charge in [0.05, 0.1) is 26.4 Å². The van der Waals surface area contributed by atoms with E-state index in [4.69, 9.17) is 0 Å². The highest BCUT2D eigenvalue weighted by molar-refractivity contribution is 5.93. The molecule has 0 aliphatic heterocycles. The van der Waals surface area contributed by atoms with Gasteiger partial charge in [-0.25, -0.2) is 0 Å². The molecular weight excluding hydrogens is 428 g/mol. The Balaban J connectivity index is 2.14. The van der Waals surface area contributed by atoms with Crippen LogP contribution in [-0.2, 0) is 26.4 Å².